The lowest BCUT2D eigenvalue weighted by Crippen LogP contribution is -2.25. The van der Waals surface area contributed by atoms with Gasteiger partial charge < -0.3 is 9.64 Å². The molecule has 2 saturated carbocycles. The lowest BCUT2D eigenvalue weighted by atomic mass is 9.89. The van der Waals surface area contributed by atoms with Crippen LogP contribution in [0.2, 0.25) is 0 Å². The summed E-state index contributed by atoms with van der Waals surface area (Å²) in [6.45, 7) is 0.781. The van der Waals surface area contributed by atoms with Crippen molar-refractivity contribution in [2.75, 3.05) is 11.4 Å². The second kappa shape index (κ2) is 5.41. The van der Waals surface area contributed by atoms with E-state index in [-0.39, 0.29) is 17.8 Å². The van der Waals surface area contributed by atoms with Crippen LogP contribution in [0.4, 0.5) is 5.69 Å². The second-order valence-electron chi connectivity index (χ2n) is 6.85. The van der Waals surface area contributed by atoms with Crippen LogP contribution >= 0.6 is 0 Å². The summed E-state index contributed by atoms with van der Waals surface area (Å²) < 4.78 is 5.55. The van der Waals surface area contributed by atoms with Crippen molar-refractivity contribution in [2.45, 2.75) is 38.5 Å². The van der Waals surface area contributed by atoms with Crippen molar-refractivity contribution in [2.24, 2.45) is 17.8 Å². The summed E-state index contributed by atoms with van der Waals surface area (Å²) in [6.07, 6.45) is 6.22. The standard InChI is InChI=1S/C18H21NO3/c20-17-2-1-9-19(17)14-5-7-15(8-6-14)22-18(21)16-11-12-3-4-13(16)10-12/h5-8,12-13,16H,1-4,9-11H2. The van der Waals surface area contributed by atoms with Gasteiger partial charge in [0.2, 0.25) is 5.91 Å². The van der Waals surface area contributed by atoms with E-state index in [1.54, 1.807) is 17.0 Å². The lowest BCUT2D eigenvalue weighted by molar-refractivity contribution is -0.140. The summed E-state index contributed by atoms with van der Waals surface area (Å²) in [5.74, 6) is 2.07. The van der Waals surface area contributed by atoms with E-state index in [9.17, 15) is 9.59 Å². The Morgan fingerprint density at radius 3 is 2.55 bits per heavy atom. The largest absolute Gasteiger partial charge is 0.426 e. The molecular weight excluding hydrogens is 278 g/mol. The van der Waals surface area contributed by atoms with Crippen molar-refractivity contribution in [3.8, 4) is 5.75 Å². The maximum Gasteiger partial charge on any atom is 0.314 e. The molecule has 4 heteroatoms. The Hall–Kier alpha value is -1.84. The molecule has 22 heavy (non-hydrogen) atoms. The molecule has 1 aromatic rings. The number of hydrogen-bond acceptors (Lipinski definition) is 3. The summed E-state index contributed by atoms with van der Waals surface area (Å²) >= 11 is 0. The van der Waals surface area contributed by atoms with E-state index >= 15 is 0 Å². The predicted octanol–water partition coefficient (Wildman–Crippen LogP) is 3.16. The minimum absolute atomic E-state index is 0.0720. The molecule has 0 aromatic heterocycles. The minimum atomic E-state index is -0.0720. The van der Waals surface area contributed by atoms with Gasteiger partial charge in [-0.3, -0.25) is 9.59 Å². The number of ether oxygens (including phenoxy) is 1. The fourth-order valence-corrected chi connectivity index (χ4v) is 4.34. The number of rotatable bonds is 3. The molecule has 4 nitrogen and oxygen atoms in total. The van der Waals surface area contributed by atoms with E-state index in [2.05, 4.69) is 0 Å². The maximum absolute atomic E-state index is 12.3. The minimum Gasteiger partial charge on any atom is -0.426 e. The summed E-state index contributed by atoms with van der Waals surface area (Å²) in [4.78, 5) is 25.8. The number of esters is 1. The highest BCUT2D eigenvalue weighted by atomic mass is 16.5. The molecule has 3 aliphatic rings. The van der Waals surface area contributed by atoms with Gasteiger partial charge in [0.1, 0.15) is 5.75 Å². The van der Waals surface area contributed by atoms with Crippen LogP contribution in [0.25, 0.3) is 0 Å². The zero-order chi connectivity index (χ0) is 15.1. The van der Waals surface area contributed by atoms with Gasteiger partial charge in [-0.05, 0) is 61.8 Å². The van der Waals surface area contributed by atoms with E-state index in [0.29, 0.717) is 18.1 Å². The second-order valence-corrected chi connectivity index (χ2v) is 6.85. The Balaban J connectivity index is 1.41. The van der Waals surface area contributed by atoms with Crippen molar-refractivity contribution in [1.29, 1.82) is 0 Å². The molecule has 2 bridgehead atoms. The molecule has 3 fully saturated rings. The van der Waals surface area contributed by atoms with E-state index in [4.69, 9.17) is 4.74 Å². The number of carbonyl (C=O) groups is 2. The molecule has 116 valence electrons. The zero-order valence-corrected chi connectivity index (χ0v) is 12.7. The Morgan fingerprint density at radius 1 is 1.14 bits per heavy atom. The van der Waals surface area contributed by atoms with Crippen molar-refractivity contribution in [1.82, 2.24) is 0 Å². The highest BCUT2D eigenvalue weighted by Gasteiger charge is 2.44. The topological polar surface area (TPSA) is 46.6 Å². The molecule has 2 aliphatic carbocycles. The first-order valence-corrected chi connectivity index (χ1v) is 8.33. The van der Waals surface area contributed by atoms with Gasteiger partial charge in [0, 0.05) is 18.7 Å². The first-order valence-electron chi connectivity index (χ1n) is 8.33. The van der Waals surface area contributed by atoms with Gasteiger partial charge in [0.15, 0.2) is 0 Å². The van der Waals surface area contributed by atoms with Crippen LogP contribution in [-0.4, -0.2) is 18.4 Å². The van der Waals surface area contributed by atoms with Gasteiger partial charge in [-0.15, -0.1) is 0 Å². The van der Waals surface area contributed by atoms with Gasteiger partial charge in [0.05, 0.1) is 5.92 Å². The first-order chi connectivity index (χ1) is 10.7. The van der Waals surface area contributed by atoms with Crippen LogP contribution in [0.3, 0.4) is 0 Å². The molecule has 3 unspecified atom stereocenters. The van der Waals surface area contributed by atoms with Crippen molar-refractivity contribution < 1.29 is 14.3 Å². The third-order valence-corrected chi connectivity index (χ3v) is 5.48. The Kier molecular flexibility index (Phi) is 3.40. The monoisotopic (exact) mass is 299 g/mol. The molecule has 3 atom stereocenters. The molecule has 0 N–H and O–H groups in total. The molecule has 0 radical (unpaired) electrons. The highest BCUT2D eigenvalue weighted by molar-refractivity contribution is 5.95. The van der Waals surface area contributed by atoms with Gasteiger partial charge in [-0.25, -0.2) is 0 Å². The molecule has 4 rings (SSSR count). The predicted molar refractivity (Wildman–Crippen MR) is 82.6 cm³/mol. The SMILES string of the molecule is O=C(Oc1ccc(N2CCCC2=O)cc1)C1CC2CCC1C2. The molecule has 1 aromatic carbocycles. The maximum atomic E-state index is 12.3. The Morgan fingerprint density at radius 2 is 1.95 bits per heavy atom. The molecule has 1 heterocycles. The van der Waals surface area contributed by atoms with E-state index in [1.165, 1.54) is 19.3 Å². The fraction of sp³-hybridized carbons (Fsp3) is 0.556. The van der Waals surface area contributed by atoms with Crippen molar-refractivity contribution in [3.05, 3.63) is 24.3 Å². The summed E-state index contributed by atoms with van der Waals surface area (Å²) in [7, 11) is 0. The van der Waals surface area contributed by atoms with Crippen LogP contribution in [0, 0.1) is 17.8 Å². The lowest BCUT2D eigenvalue weighted by Gasteiger charge is -2.20. The highest BCUT2D eigenvalue weighted by Crippen LogP contribution is 2.48. The first kappa shape index (κ1) is 13.8. The van der Waals surface area contributed by atoms with Crippen molar-refractivity contribution in [3.63, 3.8) is 0 Å². The van der Waals surface area contributed by atoms with Crippen LogP contribution in [0.5, 0.6) is 5.75 Å². The molecule has 1 saturated heterocycles. The smallest absolute Gasteiger partial charge is 0.314 e. The quantitative estimate of drug-likeness (QED) is 0.636. The third kappa shape index (κ3) is 2.40. The normalized spacial score (nSPS) is 30.1. The number of fused-ring (bicyclic) bond motifs is 2. The molecule has 0 spiro atoms. The van der Waals surface area contributed by atoms with Crippen LogP contribution in [-0.2, 0) is 9.59 Å². The van der Waals surface area contributed by atoms with Gasteiger partial charge in [-0.2, -0.15) is 0 Å². The fourth-order valence-electron chi connectivity index (χ4n) is 4.34. The molecular formula is C18H21NO3. The van der Waals surface area contributed by atoms with E-state index in [0.717, 1.165) is 31.0 Å². The Labute approximate surface area is 130 Å². The van der Waals surface area contributed by atoms with Crippen molar-refractivity contribution >= 4 is 17.6 Å². The van der Waals surface area contributed by atoms with Crippen LogP contribution in [0.1, 0.15) is 38.5 Å². The average Bonchev–Trinajstić information content (AvgIpc) is 3.24. The van der Waals surface area contributed by atoms with Gasteiger partial charge in [0.25, 0.3) is 0 Å². The van der Waals surface area contributed by atoms with Gasteiger partial charge >= 0.3 is 5.97 Å². The number of nitrogens with zero attached hydrogens (tertiary/aromatic N) is 1. The third-order valence-electron chi connectivity index (χ3n) is 5.48. The molecule has 1 aliphatic heterocycles. The number of hydrogen-bond donors (Lipinski definition) is 0. The zero-order valence-electron chi connectivity index (χ0n) is 12.7. The summed E-state index contributed by atoms with van der Waals surface area (Å²) in [5, 5.41) is 0. The average molecular weight is 299 g/mol. The van der Waals surface area contributed by atoms with E-state index in [1.807, 2.05) is 12.1 Å². The van der Waals surface area contributed by atoms with E-state index < -0.39 is 0 Å². The number of carbonyl (C=O) groups excluding carboxylic acids is 2. The summed E-state index contributed by atoms with van der Waals surface area (Å²) in [5.41, 5.74) is 0.891. The summed E-state index contributed by atoms with van der Waals surface area (Å²) in [6, 6.07) is 7.33. The van der Waals surface area contributed by atoms with Crippen LogP contribution in [0.15, 0.2) is 24.3 Å². The van der Waals surface area contributed by atoms with Gasteiger partial charge in [-0.1, -0.05) is 6.42 Å². The number of benzene rings is 1. The number of amides is 1. The van der Waals surface area contributed by atoms with Crippen LogP contribution < -0.4 is 9.64 Å². The number of anilines is 1. The molecule has 1 amide bonds. The Bertz CT molecular complexity index is 595.